The van der Waals surface area contributed by atoms with Crippen molar-refractivity contribution in [1.29, 1.82) is 0 Å². The Morgan fingerprint density at radius 2 is 2.16 bits per heavy atom. The van der Waals surface area contributed by atoms with Gasteiger partial charge in [-0.15, -0.1) is 10.2 Å². The quantitative estimate of drug-likeness (QED) is 0.489. The molecular weight excluding hydrogens is 449 g/mol. The summed E-state index contributed by atoms with van der Waals surface area (Å²) in [5, 5.41) is 19.3. The maximum Gasteiger partial charge on any atom is 0.376 e. The number of anilines is 1. The van der Waals surface area contributed by atoms with Crippen molar-refractivity contribution < 1.29 is 23.3 Å². The van der Waals surface area contributed by atoms with Gasteiger partial charge in [-0.05, 0) is 32.2 Å². The molecule has 2 saturated heterocycles. The molecule has 2 aromatic rings. The molecule has 2 unspecified atom stereocenters. The summed E-state index contributed by atoms with van der Waals surface area (Å²) >= 11 is 7.12. The number of nitrogens with zero attached hydrogens (tertiary/aromatic N) is 4. The second-order valence-corrected chi connectivity index (χ2v) is 9.30. The number of methoxy groups -OCH3 is 1. The van der Waals surface area contributed by atoms with Crippen LogP contribution in [0.15, 0.2) is 12.1 Å². The lowest BCUT2D eigenvalue weighted by Crippen LogP contribution is -2.60. The molecule has 1 N–H and O–H groups in total. The number of piperidine rings is 1. The molecule has 2 aliphatic rings. The number of hydrogen-bond acceptors (Lipinski definition) is 8. The minimum Gasteiger partial charge on any atom is -0.467 e. The van der Waals surface area contributed by atoms with Crippen LogP contribution in [0.4, 0.5) is 13.9 Å². The highest BCUT2D eigenvalue weighted by atomic mass is 35.5. The summed E-state index contributed by atoms with van der Waals surface area (Å²) in [6, 6.07) is 2.07. The third-order valence-electron chi connectivity index (χ3n) is 6.08. The highest BCUT2D eigenvalue weighted by molar-refractivity contribution is 7.18. The van der Waals surface area contributed by atoms with Gasteiger partial charge in [-0.3, -0.25) is 0 Å². The minimum absolute atomic E-state index is 0.0330. The lowest BCUT2D eigenvalue weighted by molar-refractivity contribution is 0.0515. The molecular formula is C19H24BClF2N4O3S. The van der Waals surface area contributed by atoms with Gasteiger partial charge in [-0.25, -0.2) is 8.78 Å². The summed E-state index contributed by atoms with van der Waals surface area (Å²) in [5.74, 6) is -0.275. The van der Waals surface area contributed by atoms with E-state index in [4.69, 9.17) is 21.1 Å². The van der Waals surface area contributed by atoms with E-state index in [2.05, 4.69) is 10.2 Å². The molecule has 4 atom stereocenters. The van der Waals surface area contributed by atoms with E-state index in [1.165, 1.54) is 30.6 Å². The Labute approximate surface area is 189 Å². The smallest absolute Gasteiger partial charge is 0.376 e. The van der Waals surface area contributed by atoms with Gasteiger partial charge in [0, 0.05) is 32.3 Å². The molecule has 0 spiro atoms. The molecule has 7 nitrogen and oxygen atoms in total. The lowest BCUT2D eigenvalue weighted by atomic mass is 9.78. The van der Waals surface area contributed by atoms with Gasteiger partial charge in [0.25, 0.3) is 0 Å². The topological polar surface area (TPSA) is 71.0 Å². The fourth-order valence-corrected chi connectivity index (χ4v) is 5.70. The minimum atomic E-state index is -1.13. The van der Waals surface area contributed by atoms with Crippen molar-refractivity contribution in [2.24, 2.45) is 0 Å². The van der Waals surface area contributed by atoms with Crippen molar-refractivity contribution in [1.82, 2.24) is 15.0 Å². The maximum atomic E-state index is 15.4. The molecule has 1 aromatic carbocycles. The average Bonchev–Trinajstić information content (AvgIpc) is 3.35. The highest BCUT2D eigenvalue weighted by Crippen LogP contribution is 2.42. The van der Waals surface area contributed by atoms with Crippen LogP contribution in [0, 0.1) is 5.82 Å². The van der Waals surface area contributed by atoms with Crippen LogP contribution in [0.5, 0.6) is 5.75 Å². The SMILES string of the molecule is COCOc1cc(Cl)c(F)cc1-c1nnc(N(C)[C@@H]2CC3CCC([C@@H]2F)N3B(C)O)s1. The second-order valence-electron chi connectivity index (χ2n) is 7.94. The van der Waals surface area contributed by atoms with Crippen LogP contribution in [0.3, 0.4) is 0 Å². The number of fused-ring (bicyclic) bond motifs is 2. The fraction of sp³-hybridized carbons (Fsp3) is 0.579. The van der Waals surface area contributed by atoms with Gasteiger partial charge in [-0.2, -0.15) is 0 Å². The van der Waals surface area contributed by atoms with Crippen molar-refractivity contribution in [3.8, 4) is 16.3 Å². The molecule has 0 saturated carbocycles. The highest BCUT2D eigenvalue weighted by Gasteiger charge is 2.51. The van der Waals surface area contributed by atoms with Crippen molar-refractivity contribution in [2.75, 3.05) is 25.9 Å². The standard InChI is InChI=1S/C19H24BClF2N4O3S/c1-20(28)27-10-4-5-14(27)17(23)15(6-10)26(2)19-25-24-18(31-19)11-7-13(22)12(21)8-16(11)30-9-29-3/h7-8,10,14-15,17,28H,4-6,9H2,1-3H3/t10?,14?,15-,17+/m1/s1. The van der Waals surface area contributed by atoms with Crippen LogP contribution in [0.2, 0.25) is 11.8 Å². The monoisotopic (exact) mass is 472 g/mol. The molecule has 2 aliphatic heterocycles. The van der Waals surface area contributed by atoms with Crippen LogP contribution in [-0.4, -0.2) is 72.3 Å². The molecule has 168 valence electrons. The predicted octanol–water partition coefficient (Wildman–Crippen LogP) is 3.47. The maximum absolute atomic E-state index is 15.4. The zero-order valence-electron chi connectivity index (χ0n) is 17.5. The van der Waals surface area contributed by atoms with E-state index in [0.29, 0.717) is 27.9 Å². The summed E-state index contributed by atoms with van der Waals surface area (Å²) in [4.78, 5) is 3.69. The predicted molar refractivity (Wildman–Crippen MR) is 117 cm³/mol. The van der Waals surface area contributed by atoms with Crippen molar-refractivity contribution in [3.63, 3.8) is 0 Å². The van der Waals surface area contributed by atoms with Gasteiger partial charge in [0.2, 0.25) is 5.13 Å². The first kappa shape index (κ1) is 22.7. The molecule has 3 heterocycles. The zero-order valence-corrected chi connectivity index (χ0v) is 19.0. The number of rotatable bonds is 7. The van der Waals surface area contributed by atoms with Gasteiger partial charge in [0.15, 0.2) is 11.8 Å². The van der Waals surface area contributed by atoms with E-state index in [9.17, 15) is 9.41 Å². The fourth-order valence-electron chi connectivity index (χ4n) is 4.66. The lowest BCUT2D eigenvalue weighted by Gasteiger charge is -2.44. The Bertz CT molecular complexity index is 940. The molecule has 1 aromatic heterocycles. The summed E-state index contributed by atoms with van der Waals surface area (Å²) in [5.41, 5.74) is 0.400. The number of halogens is 3. The average molecular weight is 473 g/mol. The molecule has 2 fully saturated rings. The number of aromatic nitrogens is 2. The van der Waals surface area contributed by atoms with Crippen molar-refractivity contribution in [3.05, 3.63) is 23.0 Å². The molecule has 0 aliphatic carbocycles. The summed E-state index contributed by atoms with van der Waals surface area (Å²) in [7, 11) is 2.61. The Balaban J connectivity index is 1.58. The largest absolute Gasteiger partial charge is 0.467 e. The first-order valence-corrected chi connectivity index (χ1v) is 11.3. The molecule has 2 bridgehead atoms. The van der Waals surface area contributed by atoms with E-state index >= 15 is 4.39 Å². The molecule has 4 rings (SSSR count). The summed E-state index contributed by atoms with van der Waals surface area (Å²) in [6.07, 6.45) is 1.06. The van der Waals surface area contributed by atoms with Crippen LogP contribution < -0.4 is 9.64 Å². The molecule has 31 heavy (non-hydrogen) atoms. The van der Waals surface area contributed by atoms with Crippen LogP contribution >= 0.6 is 22.9 Å². The first-order valence-electron chi connectivity index (χ1n) is 10.1. The Hall–Kier alpha value is -1.53. The normalized spacial score (nSPS) is 25.6. The number of benzene rings is 1. The van der Waals surface area contributed by atoms with E-state index in [-0.39, 0.29) is 29.9 Å². The van der Waals surface area contributed by atoms with E-state index in [1.807, 2.05) is 4.81 Å². The third-order valence-corrected chi connectivity index (χ3v) is 7.42. The summed E-state index contributed by atoms with van der Waals surface area (Å²) in [6.45, 7) is 1.66. The van der Waals surface area contributed by atoms with Crippen molar-refractivity contribution >= 4 is 35.1 Å². The Morgan fingerprint density at radius 3 is 2.87 bits per heavy atom. The first-order chi connectivity index (χ1) is 14.8. The van der Waals surface area contributed by atoms with Crippen LogP contribution in [0.25, 0.3) is 10.6 Å². The van der Waals surface area contributed by atoms with Crippen LogP contribution in [0.1, 0.15) is 19.3 Å². The Kier molecular flexibility index (Phi) is 6.69. The van der Waals surface area contributed by atoms with E-state index in [1.54, 1.807) is 18.8 Å². The third kappa shape index (κ3) is 4.26. The van der Waals surface area contributed by atoms with E-state index < -0.39 is 19.0 Å². The van der Waals surface area contributed by atoms with Crippen LogP contribution in [-0.2, 0) is 4.74 Å². The van der Waals surface area contributed by atoms with E-state index in [0.717, 1.165) is 12.8 Å². The van der Waals surface area contributed by atoms with Gasteiger partial charge in [0.1, 0.15) is 17.7 Å². The number of alkyl halides is 1. The summed E-state index contributed by atoms with van der Waals surface area (Å²) < 4.78 is 39.9. The molecule has 12 heteroatoms. The Morgan fingerprint density at radius 1 is 1.39 bits per heavy atom. The number of hydrogen-bond donors (Lipinski definition) is 1. The second kappa shape index (κ2) is 9.15. The van der Waals surface area contributed by atoms with Gasteiger partial charge in [0.05, 0.1) is 16.6 Å². The number of ether oxygens (including phenoxy) is 2. The molecule has 0 radical (unpaired) electrons. The van der Waals surface area contributed by atoms with Crippen molar-refractivity contribution in [2.45, 2.75) is 50.4 Å². The zero-order chi connectivity index (χ0) is 22.3. The van der Waals surface area contributed by atoms with Gasteiger partial charge >= 0.3 is 7.05 Å². The van der Waals surface area contributed by atoms with Gasteiger partial charge < -0.3 is 24.2 Å². The van der Waals surface area contributed by atoms with Gasteiger partial charge in [-0.1, -0.05) is 22.9 Å². The molecule has 0 amide bonds.